The molecule has 1 aliphatic heterocycles. The molecule has 1 fully saturated rings. The first-order chi connectivity index (χ1) is 9.76. The molecule has 5 heteroatoms. The van der Waals surface area contributed by atoms with E-state index in [1.54, 1.807) is 4.88 Å². The van der Waals surface area contributed by atoms with Crippen LogP contribution in [-0.4, -0.2) is 43.6 Å². The maximum atomic E-state index is 4.29. The molecule has 1 aromatic heterocycles. The Balaban J connectivity index is 1.39. The third kappa shape index (κ3) is 3.33. The molecule has 20 heavy (non-hydrogen) atoms. The van der Waals surface area contributed by atoms with E-state index in [2.05, 4.69) is 38.9 Å². The van der Waals surface area contributed by atoms with Crippen LogP contribution in [-0.2, 0) is 13.0 Å². The second kappa shape index (κ2) is 6.14. The van der Waals surface area contributed by atoms with Crippen molar-refractivity contribution < 1.29 is 0 Å². The van der Waals surface area contributed by atoms with Crippen molar-refractivity contribution in [1.29, 1.82) is 0 Å². The normalized spacial score (nSPS) is 26.2. The van der Waals surface area contributed by atoms with Crippen molar-refractivity contribution in [2.45, 2.75) is 32.4 Å². The number of nitrogens with zero attached hydrogens (tertiary/aromatic N) is 2. The van der Waals surface area contributed by atoms with Crippen LogP contribution in [0.2, 0.25) is 0 Å². The van der Waals surface area contributed by atoms with Crippen molar-refractivity contribution in [3.8, 4) is 0 Å². The molecule has 0 aromatic carbocycles. The molecule has 2 aliphatic rings. The zero-order valence-corrected chi connectivity index (χ0v) is 13.2. The Hall–Kier alpha value is -1.07. The van der Waals surface area contributed by atoms with Crippen LogP contribution < -0.4 is 10.6 Å². The third-order valence-corrected chi connectivity index (χ3v) is 5.29. The van der Waals surface area contributed by atoms with Gasteiger partial charge in [0.05, 0.1) is 0 Å². The van der Waals surface area contributed by atoms with Crippen LogP contribution in [0, 0.1) is 5.92 Å². The Kier molecular flexibility index (Phi) is 4.27. The fraction of sp³-hybridized carbons (Fsp3) is 0.667. The van der Waals surface area contributed by atoms with E-state index in [0.29, 0.717) is 6.04 Å². The maximum absolute atomic E-state index is 4.29. The minimum atomic E-state index is 0.629. The highest BCUT2D eigenvalue weighted by atomic mass is 32.1. The van der Waals surface area contributed by atoms with Crippen LogP contribution in [0.5, 0.6) is 0 Å². The van der Waals surface area contributed by atoms with Crippen molar-refractivity contribution in [3.05, 3.63) is 21.9 Å². The Labute approximate surface area is 125 Å². The quantitative estimate of drug-likeness (QED) is 0.655. The van der Waals surface area contributed by atoms with Gasteiger partial charge in [-0.2, -0.15) is 0 Å². The second-order valence-corrected chi connectivity index (χ2v) is 6.86. The van der Waals surface area contributed by atoms with Crippen molar-refractivity contribution in [2.24, 2.45) is 10.9 Å². The number of thiophene rings is 1. The van der Waals surface area contributed by atoms with E-state index in [9.17, 15) is 0 Å². The van der Waals surface area contributed by atoms with Crippen molar-refractivity contribution in [3.63, 3.8) is 0 Å². The summed E-state index contributed by atoms with van der Waals surface area (Å²) in [6.45, 7) is 6.60. The van der Waals surface area contributed by atoms with E-state index in [-0.39, 0.29) is 0 Å². The molecular weight excluding hydrogens is 268 g/mol. The zero-order chi connectivity index (χ0) is 13.9. The third-order valence-electron chi connectivity index (χ3n) is 4.26. The lowest BCUT2D eigenvalue weighted by atomic mass is 10.1. The molecule has 2 atom stereocenters. The highest BCUT2D eigenvalue weighted by Gasteiger charge is 2.33. The Bertz CT molecular complexity index is 482. The van der Waals surface area contributed by atoms with Gasteiger partial charge in [-0.15, -0.1) is 11.3 Å². The molecule has 0 amide bonds. The van der Waals surface area contributed by atoms with E-state index < -0.39 is 0 Å². The summed E-state index contributed by atoms with van der Waals surface area (Å²) in [6.07, 6.45) is 2.48. The summed E-state index contributed by atoms with van der Waals surface area (Å²) in [4.78, 5) is 8.39. The lowest BCUT2D eigenvalue weighted by Gasteiger charge is -2.27. The fourth-order valence-corrected chi connectivity index (χ4v) is 3.61. The lowest BCUT2D eigenvalue weighted by Crippen LogP contribution is -2.43. The van der Waals surface area contributed by atoms with E-state index in [0.717, 1.165) is 31.5 Å². The van der Waals surface area contributed by atoms with Gasteiger partial charge in [-0.05, 0) is 35.8 Å². The van der Waals surface area contributed by atoms with Crippen LogP contribution in [0.3, 0.4) is 0 Å². The van der Waals surface area contributed by atoms with Gasteiger partial charge in [-0.25, -0.2) is 0 Å². The van der Waals surface area contributed by atoms with E-state index in [1.807, 2.05) is 18.4 Å². The van der Waals surface area contributed by atoms with Crippen LogP contribution in [0.25, 0.3) is 0 Å². The summed E-state index contributed by atoms with van der Waals surface area (Å²) in [5.74, 6) is 1.75. The van der Waals surface area contributed by atoms with E-state index in [1.165, 1.54) is 24.9 Å². The number of hydrogen-bond donors (Lipinski definition) is 2. The first-order valence-corrected chi connectivity index (χ1v) is 8.39. The van der Waals surface area contributed by atoms with Crippen molar-refractivity contribution in [2.75, 3.05) is 26.7 Å². The van der Waals surface area contributed by atoms with Gasteiger partial charge in [0, 0.05) is 44.1 Å². The van der Waals surface area contributed by atoms with Gasteiger partial charge in [0.25, 0.3) is 0 Å². The molecule has 4 nitrogen and oxygen atoms in total. The monoisotopic (exact) mass is 292 g/mol. The maximum Gasteiger partial charge on any atom is 0.191 e. The van der Waals surface area contributed by atoms with Crippen molar-refractivity contribution in [1.82, 2.24) is 15.5 Å². The first kappa shape index (κ1) is 13.9. The molecule has 2 unspecified atom stereocenters. The van der Waals surface area contributed by atoms with Gasteiger partial charge in [0.1, 0.15) is 0 Å². The number of guanidine groups is 1. The summed E-state index contributed by atoms with van der Waals surface area (Å²) in [5, 5.41) is 9.11. The lowest BCUT2D eigenvalue weighted by molar-refractivity contribution is 0.260. The predicted octanol–water partition coefficient (Wildman–Crippen LogP) is 1.68. The second-order valence-electron chi connectivity index (χ2n) is 5.86. The molecule has 110 valence electrons. The topological polar surface area (TPSA) is 39.7 Å². The van der Waals surface area contributed by atoms with Crippen molar-refractivity contribution >= 4 is 17.3 Å². The molecule has 0 spiro atoms. The average molecular weight is 292 g/mol. The molecule has 3 rings (SSSR count). The van der Waals surface area contributed by atoms with Crippen LogP contribution in [0.1, 0.15) is 23.8 Å². The number of fused-ring (bicyclic) bond motifs is 1. The minimum absolute atomic E-state index is 0.629. The molecule has 2 N–H and O–H groups in total. The van der Waals surface area contributed by atoms with Gasteiger partial charge in [0.2, 0.25) is 0 Å². The molecule has 1 saturated carbocycles. The van der Waals surface area contributed by atoms with Gasteiger partial charge in [-0.3, -0.25) is 9.89 Å². The molecule has 1 aromatic rings. The Morgan fingerprint density at radius 1 is 1.55 bits per heavy atom. The number of hydrogen-bond acceptors (Lipinski definition) is 3. The molecular formula is C15H24N4S. The summed E-state index contributed by atoms with van der Waals surface area (Å²) in [6, 6.07) is 2.90. The minimum Gasteiger partial charge on any atom is -0.355 e. The highest BCUT2D eigenvalue weighted by molar-refractivity contribution is 7.10. The summed E-state index contributed by atoms with van der Waals surface area (Å²) < 4.78 is 0. The molecule has 2 heterocycles. The Morgan fingerprint density at radius 3 is 3.15 bits per heavy atom. The number of aliphatic imine (C=N–C) groups is 1. The Morgan fingerprint density at radius 2 is 2.40 bits per heavy atom. The zero-order valence-electron chi connectivity index (χ0n) is 12.4. The van der Waals surface area contributed by atoms with Gasteiger partial charge >= 0.3 is 0 Å². The SMILES string of the molecule is CN=C(NCCN1CCc2sccc2C1)NC1CC1C. The number of nitrogens with one attached hydrogen (secondary N) is 2. The van der Waals surface area contributed by atoms with Crippen LogP contribution in [0.15, 0.2) is 16.4 Å². The van der Waals surface area contributed by atoms with Crippen LogP contribution in [0.4, 0.5) is 0 Å². The first-order valence-electron chi connectivity index (χ1n) is 7.51. The molecule has 0 radical (unpaired) electrons. The number of rotatable bonds is 4. The van der Waals surface area contributed by atoms with E-state index >= 15 is 0 Å². The predicted molar refractivity (Wildman–Crippen MR) is 85.4 cm³/mol. The highest BCUT2D eigenvalue weighted by Crippen LogP contribution is 2.28. The van der Waals surface area contributed by atoms with E-state index in [4.69, 9.17) is 0 Å². The fourth-order valence-electron chi connectivity index (χ4n) is 2.72. The van der Waals surface area contributed by atoms with Crippen LogP contribution >= 0.6 is 11.3 Å². The molecule has 1 aliphatic carbocycles. The smallest absolute Gasteiger partial charge is 0.191 e. The summed E-state index contributed by atoms with van der Waals surface area (Å²) in [5.41, 5.74) is 1.52. The van der Waals surface area contributed by atoms with Gasteiger partial charge < -0.3 is 10.6 Å². The summed E-state index contributed by atoms with van der Waals surface area (Å²) in [7, 11) is 1.85. The standard InChI is InChI=1S/C15H24N4S/c1-11-9-13(11)18-15(16-2)17-5-7-19-6-3-14-12(10-19)4-8-20-14/h4,8,11,13H,3,5-7,9-10H2,1-2H3,(H2,16,17,18). The molecule has 0 bridgehead atoms. The average Bonchev–Trinajstić information content (AvgIpc) is 2.96. The molecule has 0 saturated heterocycles. The van der Waals surface area contributed by atoms with Gasteiger partial charge in [0.15, 0.2) is 5.96 Å². The largest absolute Gasteiger partial charge is 0.355 e. The summed E-state index contributed by atoms with van der Waals surface area (Å²) >= 11 is 1.90. The van der Waals surface area contributed by atoms with Gasteiger partial charge in [-0.1, -0.05) is 6.92 Å².